The van der Waals surface area contributed by atoms with Crippen LogP contribution in [-0.4, -0.2) is 10.2 Å². The van der Waals surface area contributed by atoms with Gasteiger partial charge in [-0.15, -0.1) is 10.2 Å². The van der Waals surface area contributed by atoms with Crippen molar-refractivity contribution in [2.45, 2.75) is 20.0 Å². The van der Waals surface area contributed by atoms with Crippen LogP contribution in [0.15, 0.2) is 52.9 Å². The zero-order valence-electron chi connectivity index (χ0n) is 12.1. The Hall–Kier alpha value is -2.33. The van der Waals surface area contributed by atoms with Crippen LogP contribution in [0.5, 0.6) is 5.75 Å². The van der Waals surface area contributed by atoms with Crippen molar-refractivity contribution >= 4 is 11.6 Å². The van der Waals surface area contributed by atoms with E-state index in [1.807, 2.05) is 55.5 Å². The first-order valence-corrected chi connectivity index (χ1v) is 7.42. The van der Waals surface area contributed by atoms with Crippen molar-refractivity contribution < 1.29 is 9.15 Å². The summed E-state index contributed by atoms with van der Waals surface area (Å²) in [5.41, 5.74) is 1.91. The summed E-state index contributed by atoms with van der Waals surface area (Å²) in [5.74, 6) is 1.94. The fourth-order valence-corrected chi connectivity index (χ4v) is 2.21. The van der Waals surface area contributed by atoms with Crippen LogP contribution in [0.3, 0.4) is 0 Å². The van der Waals surface area contributed by atoms with Crippen molar-refractivity contribution in [1.29, 1.82) is 0 Å². The third-order valence-corrected chi connectivity index (χ3v) is 3.40. The van der Waals surface area contributed by atoms with Crippen molar-refractivity contribution in [3.05, 3.63) is 65.0 Å². The summed E-state index contributed by atoms with van der Waals surface area (Å²) in [4.78, 5) is 0. The minimum absolute atomic E-state index is 0.473. The van der Waals surface area contributed by atoms with E-state index in [4.69, 9.17) is 20.8 Å². The summed E-state index contributed by atoms with van der Waals surface area (Å²) >= 11 is 5.95. The summed E-state index contributed by atoms with van der Waals surface area (Å²) < 4.78 is 11.3. The molecule has 0 radical (unpaired) electrons. The quantitative estimate of drug-likeness (QED) is 0.694. The largest absolute Gasteiger partial charge is 0.489 e. The molecule has 0 fully saturated rings. The Balaban J connectivity index is 1.66. The molecule has 0 N–H and O–H groups in total. The van der Waals surface area contributed by atoms with E-state index < -0.39 is 0 Å². The lowest BCUT2D eigenvalue weighted by Crippen LogP contribution is -1.95. The fourth-order valence-electron chi connectivity index (χ4n) is 2.00. The molecule has 0 saturated heterocycles. The normalized spacial score (nSPS) is 10.6. The van der Waals surface area contributed by atoms with Crippen LogP contribution < -0.4 is 4.74 Å². The van der Waals surface area contributed by atoms with Crippen LogP contribution >= 0.6 is 11.6 Å². The van der Waals surface area contributed by atoms with Crippen LogP contribution in [-0.2, 0) is 13.0 Å². The highest BCUT2D eigenvalue weighted by Gasteiger charge is 2.07. The average Bonchev–Trinajstić information content (AvgIpc) is 3.03. The van der Waals surface area contributed by atoms with Gasteiger partial charge in [0.25, 0.3) is 0 Å². The Bertz CT molecular complexity index is 753. The zero-order valence-corrected chi connectivity index (χ0v) is 12.9. The molecule has 22 heavy (non-hydrogen) atoms. The predicted molar refractivity (Wildman–Crippen MR) is 84.9 cm³/mol. The first kappa shape index (κ1) is 14.6. The van der Waals surface area contributed by atoms with Gasteiger partial charge in [-0.2, -0.15) is 0 Å². The van der Waals surface area contributed by atoms with E-state index in [0.29, 0.717) is 23.4 Å². The molecule has 0 spiro atoms. The molecule has 1 aromatic heterocycles. The molecule has 0 aliphatic rings. The highest BCUT2D eigenvalue weighted by Crippen LogP contribution is 2.22. The van der Waals surface area contributed by atoms with Crippen LogP contribution in [0.25, 0.3) is 11.5 Å². The van der Waals surface area contributed by atoms with Crippen LogP contribution in [0.1, 0.15) is 18.4 Å². The number of hydrogen-bond acceptors (Lipinski definition) is 4. The molecule has 0 bridgehead atoms. The monoisotopic (exact) mass is 314 g/mol. The lowest BCUT2D eigenvalue weighted by molar-refractivity contribution is 0.306. The molecule has 4 nitrogen and oxygen atoms in total. The Labute approximate surface area is 133 Å². The van der Waals surface area contributed by atoms with Gasteiger partial charge in [0, 0.05) is 17.0 Å². The van der Waals surface area contributed by atoms with Crippen molar-refractivity contribution in [2.75, 3.05) is 0 Å². The maximum Gasteiger partial charge on any atom is 0.247 e. The summed E-state index contributed by atoms with van der Waals surface area (Å²) in [6.07, 6.45) is 0.730. The molecular formula is C17H15ClN2O2. The fraction of sp³-hybridized carbons (Fsp3) is 0.176. The topological polar surface area (TPSA) is 48.2 Å². The Morgan fingerprint density at radius 3 is 2.59 bits per heavy atom. The molecule has 0 unspecified atom stereocenters. The second-order valence-corrected chi connectivity index (χ2v) is 5.23. The summed E-state index contributed by atoms with van der Waals surface area (Å²) in [6, 6.07) is 15.2. The molecule has 2 aromatic carbocycles. The van der Waals surface area contributed by atoms with Gasteiger partial charge in [0.05, 0.1) is 0 Å². The number of rotatable bonds is 5. The molecule has 5 heteroatoms. The third kappa shape index (κ3) is 3.46. The minimum Gasteiger partial charge on any atom is -0.489 e. The predicted octanol–water partition coefficient (Wildman–Crippen LogP) is 4.53. The summed E-state index contributed by atoms with van der Waals surface area (Å²) in [6.45, 7) is 2.45. The third-order valence-electron chi connectivity index (χ3n) is 3.17. The maximum absolute atomic E-state index is 5.95. The van der Waals surface area contributed by atoms with Crippen molar-refractivity contribution in [3.63, 3.8) is 0 Å². The van der Waals surface area contributed by atoms with Crippen LogP contribution in [0, 0.1) is 0 Å². The van der Waals surface area contributed by atoms with Gasteiger partial charge in [0.2, 0.25) is 11.8 Å². The first-order chi connectivity index (χ1) is 10.7. The second kappa shape index (κ2) is 6.62. The van der Waals surface area contributed by atoms with E-state index in [1.54, 1.807) is 0 Å². The SMILES string of the molecule is CCc1nnc(-c2ccc(OCc3cccc(Cl)c3)cc2)o1. The summed E-state index contributed by atoms with van der Waals surface area (Å²) in [7, 11) is 0. The maximum atomic E-state index is 5.95. The van der Waals surface area contributed by atoms with Crippen molar-refractivity contribution in [2.24, 2.45) is 0 Å². The number of halogens is 1. The molecule has 0 atom stereocenters. The molecule has 0 aliphatic heterocycles. The van der Waals surface area contributed by atoms with Gasteiger partial charge >= 0.3 is 0 Å². The van der Waals surface area contributed by atoms with E-state index in [-0.39, 0.29) is 0 Å². The van der Waals surface area contributed by atoms with E-state index in [9.17, 15) is 0 Å². The van der Waals surface area contributed by atoms with Gasteiger partial charge in [-0.3, -0.25) is 0 Å². The first-order valence-electron chi connectivity index (χ1n) is 7.04. The standard InChI is InChI=1S/C17H15ClN2O2/c1-2-16-19-20-17(22-16)13-6-8-15(9-7-13)21-11-12-4-3-5-14(18)10-12/h3-10H,2,11H2,1H3. The molecule has 0 saturated carbocycles. The van der Waals surface area contributed by atoms with Gasteiger partial charge < -0.3 is 9.15 Å². The van der Waals surface area contributed by atoms with Gasteiger partial charge in [-0.05, 0) is 42.0 Å². The van der Waals surface area contributed by atoms with E-state index in [1.165, 1.54) is 0 Å². The number of benzene rings is 2. The second-order valence-electron chi connectivity index (χ2n) is 4.80. The smallest absolute Gasteiger partial charge is 0.247 e. The van der Waals surface area contributed by atoms with Crippen molar-refractivity contribution in [3.8, 4) is 17.2 Å². The van der Waals surface area contributed by atoms with Gasteiger partial charge in [-0.25, -0.2) is 0 Å². The van der Waals surface area contributed by atoms with Gasteiger partial charge in [0.1, 0.15) is 12.4 Å². The van der Waals surface area contributed by atoms with Crippen molar-refractivity contribution in [1.82, 2.24) is 10.2 Å². The van der Waals surface area contributed by atoms with Crippen LogP contribution in [0.4, 0.5) is 0 Å². The molecule has 3 aromatic rings. The molecular weight excluding hydrogens is 300 g/mol. The highest BCUT2D eigenvalue weighted by atomic mass is 35.5. The summed E-state index contributed by atoms with van der Waals surface area (Å²) in [5, 5.41) is 8.68. The van der Waals surface area contributed by atoms with Gasteiger partial charge in [0.15, 0.2) is 0 Å². The van der Waals surface area contributed by atoms with E-state index in [0.717, 1.165) is 23.3 Å². The Morgan fingerprint density at radius 1 is 1.09 bits per heavy atom. The van der Waals surface area contributed by atoms with Gasteiger partial charge in [-0.1, -0.05) is 30.7 Å². The highest BCUT2D eigenvalue weighted by molar-refractivity contribution is 6.30. The van der Waals surface area contributed by atoms with E-state index >= 15 is 0 Å². The number of aromatic nitrogens is 2. The number of aryl methyl sites for hydroxylation is 1. The lowest BCUT2D eigenvalue weighted by Gasteiger charge is -2.06. The Kier molecular flexibility index (Phi) is 4.39. The Morgan fingerprint density at radius 2 is 1.91 bits per heavy atom. The number of hydrogen-bond donors (Lipinski definition) is 0. The number of nitrogens with zero attached hydrogens (tertiary/aromatic N) is 2. The zero-order chi connectivity index (χ0) is 15.4. The minimum atomic E-state index is 0.473. The number of ether oxygens (including phenoxy) is 1. The van der Waals surface area contributed by atoms with E-state index in [2.05, 4.69) is 10.2 Å². The van der Waals surface area contributed by atoms with Crippen LogP contribution in [0.2, 0.25) is 5.02 Å². The molecule has 3 rings (SSSR count). The molecule has 112 valence electrons. The lowest BCUT2D eigenvalue weighted by atomic mass is 10.2. The average molecular weight is 315 g/mol. The molecule has 0 amide bonds. The molecule has 0 aliphatic carbocycles. The molecule has 1 heterocycles.